The Morgan fingerprint density at radius 2 is 1.82 bits per heavy atom. The Bertz CT molecular complexity index is 1340. The molecule has 0 radical (unpaired) electrons. The molecular formula is C19H20FN5O3. The van der Waals surface area contributed by atoms with Crippen molar-refractivity contribution in [2.24, 2.45) is 7.05 Å². The molecule has 0 saturated carbocycles. The van der Waals surface area contributed by atoms with Gasteiger partial charge in [0.15, 0.2) is 11.2 Å². The van der Waals surface area contributed by atoms with Gasteiger partial charge in [-0.05, 0) is 19.9 Å². The summed E-state index contributed by atoms with van der Waals surface area (Å²) in [6.07, 6.45) is 0. The summed E-state index contributed by atoms with van der Waals surface area (Å²) in [6.45, 7) is 3.80. The second-order valence-corrected chi connectivity index (χ2v) is 6.79. The Morgan fingerprint density at radius 1 is 1.11 bits per heavy atom. The Labute approximate surface area is 158 Å². The quantitative estimate of drug-likeness (QED) is 0.567. The lowest BCUT2D eigenvalue weighted by Crippen LogP contribution is -2.39. The normalized spacial score (nSPS) is 11.8. The maximum atomic E-state index is 14.1. The van der Waals surface area contributed by atoms with Gasteiger partial charge >= 0.3 is 5.69 Å². The summed E-state index contributed by atoms with van der Waals surface area (Å²) in [7, 11) is 1.53. The summed E-state index contributed by atoms with van der Waals surface area (Å²) in [5, 5.41) is 9.36. The van der Waals surface area contributed by atoms with Gasteiger partial charge in [0.1, 0.15) is 5.82 Å². The smallest absolute Gasteiger partial charge is 0.332 e. The van der Waals surface area contributed by atoms with E-state index in [0.717, 1.165) is 16.0 Å². The number of aliphatic hydroxyl groups is 1. The highest BCUT2D eigenvalue weighted by atomic mass is 19.1. The van der Waals surface area contributed by atoms with E-state index in [9.17, 15) is 19.1 Å². The predicted octanol–water partition coefficient (Wildman–Crippen LogP) is 0.946. The number of benzene rings is 1. The Kier molecular flexibility index (Phi) is 4.19. The summed E-state index contributed by atoms with van der Waals surface area (Å²) < 4.78 is 19.9. The summed E-state index contributed by atoms with van der Waals surface area (Å²) in [6, 6.07) is 6.05. The van der Waals surface area contributed by atoms with E-state index in [-0.39, 0.29) is 29.9 Å². The zero-order chi connectivity index (χ0) is 20.2. The molecule has 1 N–H and O–H groups in total. The van der Waals surface area contributed by atoms with Crippen LogP contribution in [0.15, 0.2) is 33.9 Å². The van der Waals surface area contributed by atoms with Crippen LogP contribution >= 0.6 is 0 Å². The summed E-state index contributed by atoms with van der Waals surface area (Å²) >= 11 is 0. The molecule has 1 aromatic carbocycles. The van der Waals surface area contributed by atoms with Gasteiger partial charge in [-0.15, -0.1) is 0 Å². The van der Waals surface area contributed by atoms with Crippen LogP contribution in [0.2, 0.25) is 0 Å². The number of fused-ring (bicyclic) bond motifs is 3. The van der Waals surface area contributed by atoms with Crippen molar-refractivity contribution in [3.05, 3.63) is 67.9 Å². The minimum atomic E-state index is -0.565. The first-order chi connectivity index (χ1) is 13.4. The first-order valence-electron chi connectivity index (χ1n) is 8.88. The predicted molar refractivity (Wildman–Crippen MR) is 102 cm³/mol. The molecule has 0 spiro atoms. The Balaban J connectivity index is 2.08. The van der Waals surface area contributed by atoms with Gasteiger partial charge in [-0.1, -0.05) is 18.2 Å². The fourth-order valence-electron chi connectivity index (χ4n) is 3.62. The third-order valence-corrected chi connectivity index (χ3v) is 5.24. The van der Waals surface area contributed by atoms with E-state index in [4.69, 9.17) is 0 Å². The zero-order valence-corrected chi connectivity index (χ0v) is 15.8. The molecule has 0 amide bonds. The lowest BCUT2D eigenvalue weighted by Gasteiger charge is -2.09. The van der Waals surface area contributed by atoms with Gasteiger partial charge in [0, 0.05) is 30.5 Å². The molecule has 28 heavy (non-hydrogen) atoms. The lowest BCUT2D eigenvalue weighted by molar-refractivity contribution is 0.276. The van der Waals surface area contributed by atoms with E-state index in [2.05, 4.69) is 4.98 Å². The molecule has 3 heterocycles. The van der Waals surface area contributed by atoms with Crippen molar-refractivity contribution in [1.82, 2.24) is 23.1 Å². The molecule has 3 aromatic heterocycles. The van der Waals surface area contributed by atoms with E-state index in [1.807, 2.05) is 13.8 Å². The van der Waals surface area contributed by atoms with Crippen molar-refractivity contribution in [2.75, 3.05) is 6.61 Å². The van der Waals surface area contributed by atoms with Gasteiger partial charge in [-0.3, -0.25) is 18.3 Å². The molecule has 0 aliphatic carbocycles. The molecule has 0 aliphatic rings. The zero-order valence-electron chi connectivity index (χ0n) is 15.8. The van der Waals surface area contributed by atoms with E-state index in [1.165, 1.54) is 17.7 Å². The molecule has 146 valence electrons. The molecule has 0 saturated heterocycles. The number of nitrogens with zero attached hydrogens (tertiary/aromatic N) is 5. The highest BCUT2D eigenvalue weighted by Crippen LogP contribution is 2.20. The van der Waals surface area contributed by atoms with Crippen molar-refractivity contribution in [3.8, 4) is 0 Å². The third kappa shape index (κ3) is 2.43. The van der Waals surface area contributed by atoms with Crippen molar-refractivity contribution >= 4 is 16.9 Å². The SMILES string of the molecule is Cc1c(C)n2c3c(=O)n(Cc4ccccc4F)c(=O)n(C)c3nc2n1CCO. The maximum absolute atomic E-state index is 14.1. The van der Waals surface area contributed by atoms with Crippen molar-refractivity contribution in [3.63, 3.8) is 0 Å². The molecule has 4 rings (SSSR count). The molecule has 0 fully saturated rings. The summed E-state index contributed by atoms with van der Waals surface area (Å²) in [4.78, 5) is 30.5. The fraction of sp³-hybridized carbons (Fsp3) is 0.316. The van der Waals surface area contributed by atoms with Crippen LogP contribution in [0.1, 0.15) is 17.0 Å². The monoisotopic (exact) mass is 385 g/mol. The largest absolute Gasteiger partial charge is 0.395 e. The topological polar surface area (TPSA) is 86.5 Å². The van der Waals surface area contributed by atoms with Crippen molar-refractivity contribution in [2.45, 2.75) is 26.9 Å². The van der Waals surface area contributed by atoms with Gasteiger partial charge < -0.3 is 9.67 Å². The number of halogens is 1. The standard InChI is InChI=1S/C19H20FN5O3/c1-11-12(2)25-15-16(21-18(25)23(11)8-9-26)22(3)19(28)24(17(15)27)10-13-6-4-5-7-14(13)20/h4-7,26H,8-10H2,1-3H3. The lowest BCUT2D eigenvalue weighted by atomic mass is 10.2. The highest BCUT2D eigenvalue weighted by Gasteiger charge is 2.22. The number of hydrogen-bond donors (Lipinski definition) is 1. The first kappa shape index (κ1) is 18.2. The minimum absolute atomic E-state index is 0.0791. The number of aliphatic hydroxyl groups excluding tert-OH is 1. The maximum Gasteiger partial charge on any atom is 0.332 e. The van der Waals surface area contributed by atoms with Gasteiger partial charge in [0.25, 0.3) is 5.56 Å². The van der Waals surface area contributed by atoms with E-state index >= 15 is 0 Å². The van der Waals surface area contributed by atoms with Crippen LogP contribution in [0, 0.1) is 19.7 Å². The van der Waals surface area contributed by atoms with E-state index in [1.54, 1.807) is 27.2 Å². The van der Waals surface area contributed by atoms with Gasteiger partial charge in [0.2, 0.25) is 5.78 Å². The molecule has 9 heteroatoms. The second kappa shape index (κ2) is 6.45. The van der Waals surface area contributed by atoms with Crippen LogP contribution in [0.25, 0.3) is 16.9 Å². The fourth-order valence-corrected chi connectivity index (χ4v) is 3.62. The summed E-state index contributed by atoms with van der Waals surface area (Å²) in [5.41, 5.74) is 1.33. The van der Waals surface area contributed by atoms with Gasteiger partial charge in [-0.2, -0.15) is 4.98 Å². The average molecular weight is 385 g/mol. The molecule has 0 atom stereocenters. The number of aryl methyl sites for hydroxylation is 2. The second-order valence-electron chi connectivity index (χ2n) is 6.79. The average Bonchev–Trinajstić information content (AvgIpc) is 3.17. The van der Waals surface area contributed by atoms with Crippen molar-refractivity contribution in [1.29, 1.82) is 0 Å². The molecule has 0 aliphatic heterocycles. The number of imidazole rings is 2. The number of aromatic nitrogens is 5. The van der Waals surface area contributed by atoms with E-state index < -0.39 is 17.1 Å². The molecule has 0 unspecified atom stereocenters. The summed E-state index contributed by atoms with van der Waals surface area (Å²) in [5.74, 6) is 0.00546. The van der Waals surface area contributed by atoms with E-state index in [0.29, 0.717) is 12.3 Å². The van der Waals surface area contributed by atoms with Crippen LogP contribution < -0.4 is 11.2 Å². The van der Waals surface area contributed by atoms with Crippen LogP contribution in [0.5, 0.6) is 0 Å². The number of hydrogen-bond acceptors (Lipinski definition) is 4. The first-order valence-corrected chi connectivity index (χ1v) is 8.88. The number of rotatable bonds is 4. The highest BCUT2D eigenvalue weighted by molar-refractivity contribution is 5.76. The van der Waals surface area contributed by atoms with Crippen LogP contribution in [0.3, 0.4) is 0 Å². The molecule has 8 nitrogen and oxygen atoms in total. The van der Waals surface area contributed by atoms with Gasteiger partial charge in [0.05, 0.1) is 13.2 Å². The molecule has 0 bridgehead atoms. The van der Waals surface area contributed by atoms with Crippen LogP contribution in [-0.2, 0) is 20.1 Å². The molecule has 4 aromatic rings. The molecular weight excluding hydrogens is 365 g/mol. The Morgan fingerprint density at radius 3 is 2.50 bits per heavy atom. The van der Waals surface area contributed by atoms with Crippen LogP contribution in [0.4, 0.5) is 4.39 Å². The third-order valence-electron chi connectivity index (χ3n) is 5.24. The van der Waals surface area contributed by atoms with Crippen LogP contribution in [-0.4, -0.2) is 34.8 Å². The Hall–Kier alpha value is -3.20. The minimum Gasteiger partial charge on any atom is -0.395 e. The van der Waals surface area contributed by atoms with Crippen molar-refractivity contribution < 1.29 is 9.50 Å². The van der Waals surface area contributed by atoms with Gasteiger partial charge in [-0.25, -0.2) is 9.18 Å².